The van der Waals surface area contributed by atoms with Gasteiger partial charge < -0.3 is 24.9 Å². The third-order valence-electron chi connectivity index (χ3n) is 8.88. The quantitative estimate of drug-likeness (QED) is 0.293. The van der Waals surface area contributed by atoms with Gasteiger partial charge in [0.2, 0.25) is 5.91 Å². The van der Waals surface area contributed by atoms with Crippen LogP contribution in [0.4, 0.5) is 9.18 Å². The molecule has 1 saturated carbocycles. The Kier molecular flexibility index (Phi) is 6.33. The second-order valence-electron chi connectivity index (χ2n) is 11.2. The number of amides is 2. The summed E-state index contributed by atoms with van der Waals surface area (Å²) in [4.78, 5) is 41.0. The van der Waals surface area contributed by atoms with Crippen LogP contribution in [0.3, 0.4) is 0 Å². The van der Waals surface area contributed by atoms with Crippen LogP contribution in [0, 0.1) is 0 Å². The molecule has 2 aromatic carbocycles. The Labute approximate surface area is 236 Å². The lowest BCUT2D eigenvalue weighted by Gasteiger charge is -2.23. The Bertz CT molecular complexity index is 1600. The molecule has 9 nitrogen and oxygen atoms in total. The summed E-state index contributed by atoms with van der Waals surface area (Å²) >= 11 is 0. The number of nitrogens with one attached hydrogen (secondary N) is 3. The number of H-pyrrole nitrogens is 2. The highest BCUT2D eigenvalue weighted by atomic mass is 19.1. The maximum Gasteiger partial charge on any atom is 0.407 e. The number of alkyl halides is 1. The van der Waals surface area contributed by atoms with Crippen molar-refractivity contribution in [1.82, 2.24) is 30.2 Å². The molecule has 2 amide bonds. The fourth-order valence-electron chi connectivity index (χ4n) is 7.04. The van der Waals surface area contributed by atoms with Gasteiger partial charge >= 0.3 is 6.09 Å². The molecule has 3 N–H and O–H groups in total. The molecule has 4 unspecified atom stereocenters. The maximum atomic E-state index is 14.5. The standard InChI is InChI=1S/C31H31FN6O3/c1-41-31(40)35-14-27(39)38-15-21(32)11-26(38)30-34-13-25(37-30)23-9-8-22(28-19-6-7-20(10-19)29(23)28)17-2-4-18(5-3-17)24-12-33-16-36-24/h2-5,8-9,12-13,16,19-21,26H,6-7,10-11,14-15H2,1H3,(H,33,36)(H,34,37)(H,35,40). The molecule has 2 aromatic heterocycles. The summed E-state index contributed by atoms with van der Waals surface area (Å²) in [7, 11) is 1.23. The van der Waals surface area contributed by atoms with E-state index in [1.54, 1.807) is 12.5 Å². The van der Waals surface area contributed by atoms with E-state index in [4.69, 9.17) is 0 Å². The number of imidazole rings is 2. The number of carbonyl (C=O) groups is 2. The Morgan fingerprint density at radius 3 is 2.46 bits per heavy atom. The number of fused-ring (bicyclic) bond motifs is 5. The predicted octanol–water partition coefficient (Wildman–Crippen LogP) is 5.47. The SMILES string of the molecule is COC(=O)NCC(=O)N1CC(F)CC1c1ncc(-c2ccc(-c3ccc(-c4cnc[nH]4)cc3)c3c2C2CCC3C2)[nH]1. The van der Waals surface area contributed by atoms with Crippen molar-refractivity contribution in [2.45, 2.75) is 49.7 Å². The maximum absolute atomic E-state index is 14.5. The lowest BCUT2D eigenvalue weighted by molar-refractivity contribution is -0.131. The first-order valence-electron chi connectivity index (χ1n) is 14.1. The molecule has 2 fully saturated rings. The molecule has 2 bridgehead atoms. The number of hydrogen-bond donors (Lipinski definition) is 3. The molecule has 4 atom stereocenters. The number of halogens is 1. The zero-order valence-corrected chi connectivity index (χ0v) is 22.7. The van der Waals surface area contributed by atoms with E-state index in [-0.39, 0.29) is 25.4 Å². The monoisotopic (exact) mass is 554 g/mol. The number of carbonyl (C=O) groups excluding carboxylic acids is 2. The predicted molar refractivity (Wildman–Crippen MR) is 151 cm³/mol. The van der Waals surface area contributed by atoms with Crippen LogP contribution in [0.15, 0.2) is 55.1 Å². The van der Waals surface area contributed by atoms with E-state index in [9.17, 15) is 14.0 Å². The smallest absolute Gasteiger partial charge is 0.407 e. The van der Waals surface area contributed by atoms with Crippen molar-refractivity contribution < 1.29 is 18.7 Å². The molecular weight excluding hydrogens is 523 g/mol. The molecule has 7 rings (SSSR count). The molecule has 3 aliphatic rings. The van der Waals surface area contributed by atoms with Gasteiger partial charge in [0.05, 0.1) is 49.8 Å². The highest BCUT2D eigenvalue weighted by Crippen LogP contribution is 2.58. The van der Waals surface area contributed by atoms with Gasteiger partial charge in [0.15, 0.2) is 0 Å². The first kappa shape index (κ1) is 25.5. The molecular formula is C31H31FN6O3. The highest BCUT2D eigenvalue weighted by Gasteiger charge is 2.41. The molecule has 3 heterocycles. The number of nitrogens with zero attached hydrogens (tertiary/aromatic N) is 3. The van der Waals surface area contributed by atoms with Crippen molar-refractivity contribution in [3.63, 3.8) is 0 Å². The van der Waals surface area contributed by atoms with E-state index in [2.05, 4.69) is 66.4 Å². The zero-order valence-electron chi connectivity index (χ0n) is 22.7. The van der Waals surface area contributed by atoms with E-state index in [1.807, 2.05) is 6.20 Å². The second-order valence-corrected chi connectivity index (χ2v) is 11.2. The van der Waals surface area contributed by atoms with Crippen molar-refractivity contribution in [2.75, 3.05) is 20.2 Å². The number of aromatic amines is 2. The summed E-state index contributed by atoms with van der Waals surface area (Å²) in [5.74, 6) is 1.23. The lowest BCUT2D eigenvalue weighted by atomic mass is 9.82. The molecule has 2 aliphatic carbocycles. The van der Waals surface area contributed by atoms with Crippen LogP contribution in [0.1, 0.15) is 60.5 Å². The third kappa shape index (κ3) is 4.47. The van der Waals surface area contributed by atoms with E-state index in [1.165, 1.54) is 47.1 Å². The van der Waals surface area contributed by atoms with Crippen molar-refractivity contribution in [3.05, 3.63) is 72.1 Å². The molecule has 1 aliphatic heterocycles. The number of rotatable bonds is 6. The lowest BCUT2D eigenvalue weighted by Crippen LogP contribution is -2.40. The first-order valence-corrected chi connectivity index (χ1v) is 14.1. The molecule has 10 heteroatoms. The minimum atomic E-state index is -1.16. The van der Waals surface area contributed by atoms with Crippen LogP contribution in [-0.4, -0.2) is 63.2 Å². The van der Waals surface area contributed by atoms with Crippen LogP contribution in [0.2, 0.25) is 0 Å². The minimum Gasteiger partial charge on any atom is -0.453 e. The fourth-order valence-corrected chi connectivity index (χ4v) is 7.04. The number of likely N-dealkylation sites (tertiary alicyclic amines) is 1. The van der Waals surface area contributed by atoms with Gasteiger partial charge in [-0.3, -0.25) is 4.79 Å². The van der Waals surface area contributed by atoms with Gasteiger partial charge in [-0.2, -0.15) is 0 Å². The largest absolute Gasteiger partial charge is 0.453 e. The summed E-state index contributed by atoms with van der Waals surface area (Å²) < 4.78 is 19.1. The van der Waals surface area contributed by atoms with Crippen LogP contribution >= 0.6 is 0 Å². The molecule has 0 spiro atoms. The van der Waals surface area contributed by atoms with Gasteiger partial charge in [0.25, 0.3) is 0 Å². The average molecular weight is 555 g/mol. The van der Waals surface area contributed by atoms with Crippen molar-refractivity contribution in [2.24, 2.45) is 0 Å². The second kappa shape index (κ2) is 10.2. The minimum absolute atomic E-state index is 0.0323. The van der Waals surface area contributed by atoms with Crippen LogP contribution < -0.4 is 5.32 Å². The topological polar surface area (TPSA) is 116 Å². The summed E-state index contributed by atoms with van der Waals surface area (Å²) in [5.41, 5.74) is 9.39. The normalized spacial score (nSPS) is 22.6. The van der Waals surface area contributed by atoms with Gasteiger partial charge in [-0.1, -0.05) is 36.4 Å². The van der Waals surface area contributed by atoms with E-state index < -0.39 is 18.3 Å². The van der Waals surface area contributed by atoms with Crippen molar-refractivity contribution >= 4 is 12.0 Å². The Morgan fingerprint density at radius 1 is 1.00 bits per heavy atom. The summed E-state index contributed by atoms with van der Waals surface area (Å²) in [6.07, 6.45) is 7.15. The van der Waals surface area contributed by atoms with Gasteiger partial charge in [0.1, 0.15) is 18.5 Å². The third-order valence-corrected chi connectivity index (χ3v) is 8.88. The molecule has 210 valence electrons. The van der Waals surface area contributed by atoms with Crippen molar-refractivity contribution in [1.29, 1.82) is 0 Å². The van der Waals surface area contributed by atoms with E-state index >= 15 is 0 Å². The summed E-state index contributed by atoms with van der Waals surface area (Å²) in [6.45, 7) is -0.292. The number of alkyl carbamates (subject to hydrolysis) is 1. The number of ether oxygens (including phenoxy) is 1. The summed E-state index contributed by atoms with van der Waals surface area (Å²) in [6, 6.07) is 12.5. The van der Waals surface area contributed by atoms with Crippen LogP contribution in [-0.2, 0) is 9.53 Å². The van der Waals surface area contributed by atoms with Gasteiger partial charge in [0, 0.05) is 12.0 Å². The molecule has 4 aromatic rings. The van der Waals surface area contributed by atoms with Gasteiger partial charge in [-0.05, 0) is 58.9 Å². The average Bonchev–Trinajstić information content (AvgIpc) is 3.83. The fraction of sp³-hybridized carbons (Fsp3) is 0.355. The van der Waals surface area contributed by atoms with Gasteiger partial charge in [-0.25, -0.2) is 19.2 Å². The molecule has 41 heavy (non-hydrogen) atoms. The van der Waals surface area contributed by atoms with Crippen LogP contribution in [0.5, 0.6) is 0 Å². The summed E-state index contributed by atoms with van der Waals surface area (Å²) in [5, 5.41) is 2.39. The highest BCUT2D eigenvalue weighted by molar-refractivity contribution is 5.83. The number of hydrogen-bond acceptors (Lipinski definition) is 5. The molecule has 0 radical (unpaired) electrons. The van der Waals surface area contributed by atoms with Crippen LogP contribution in [0.25, 0.3) is 33.6 Å². The van der Waals surface area contributed by atoms with Gasteiger partial charge in [-0.15, -0.1) is 0 Å². The zero-order chi connectivity index (χ0) is 28.1. The Balaban J connectivity index is 1.19. The Morgan fingerprint density at radius 2 is 1.73 bits per heavy atom. The number of benzene rings is 2. The molecule has 1 saturated heterocycles. The van der Waals surface area contributed by atoms with E-state index in [0.717, 1.165) is 28.9 Å². The Hall–Kier alpha value is -4.47. The van der Waals surface area contributed by atoms with E-state index in [0.29, 0.717) is 17.7 Å². The number of methoxy groups -OCH3 is 1. The number of aromatic nitrogens is 4. The van der Waals surface area contributed by atoms with Crippen molar-refractivity contribution in [3.8, 4) is 33.6 Å². The first-order chi connectivity index (χ1) is 20.0.